The predicted molar refractivity (Wildman–Crippen MR) is 129 cm³/mol. The zero-order valence-corrected chi connectivity index (χ0v) is 20.6. The number of aromatic nitrogens is 3. The van der Waals surface area contributed by atoms with Gasteiger partial charge in [-0.1, -0.05) is 6.07 Å². The number of alkyl halides is 5. The number of nitrogens with zero attached hydrogens (tertiary/aromatic N) is 2. The fourth-order valence-corrected chi connectivity index (χ4v) is 4.41. The van der Waals surface area contributed by atoms with Crippen LogP contribution in [0.5, 0.6) is 0 Å². The number of ether oxygens (including phenoxy) is 1. The van der Waals surface area contributed by atoms with Crippen LogP contribution in [0.4, 0.5) is 38.4 Å². The molecule has 1 aliphatic heterocycles. The lowest BCUT2D eigenvalue weighted by Gasteiger charge is -2.36. The number of nitrogens with one attached hydrogen (secondary N) is 4. The fourth-order valence-electron chi connectivity index (χ4n) is 4.41. The van der Waals surface area contributed by atoms with E-state index in [1.165, 1.54) is 18.3 Å². The summed E-state index contributed by atoms with van der Waals surface area (Å²) >= 11 is 0. The molecule has 13 heteroatoms. The third-order valence-corrected chi connectivity index (χ3v) is 6.34. The maximum atomic E-state index is 14.6. The van der Waals surface area contributed by atoms with Gasteiger partial charge in [-0.05, 0) is 32.8 Å². The summed E-state index contributed by atoms with van der Waals surface area (Å²) in [5.74, 6) is -3.46. The third kappa shape index (κ3) is 5.60. The summed E-state index contributed by atoms with van der Waals surface area (Å²) in [6, 6.07) is 2.43. The lowest BCUT2D eigenvalue weighted by atomic mass is 9.91. The molecule has 1 saturated heterocycles. The van der Waals surface area contributed by atoms with Crippen LogP contribution in [0, 0.1) is 0 Å². The highest BCUT2D eigenvalue weighted by Crippen LogP contribution is 2.43. The van der Waals surface area contributed by atoms with Crippen LogP contribution in [-0.2, 0) is 16.8 Å². The van der Waals surface area contributed by atoms with Gasteiger partial charge < -0.3 is 20.4 Å². The van der Waals surface area contributed by atoms with Crippen LogP contribution in [0.1, 0.15) is 44.7 Å². The van der Waals surface area contributed by atoms with Crippen molar-refractivity contribution in [3.63, 3.8) is 0 Å². The maximum Gasteiger partial charge on any atom is 0.419 e. The number of amides is 1. The summed E-state index contributed by atoms with van der Waals surface area (Å²) in [6.07, 6.45) is -2.28. The van der Waals surface area contributed by atoms with Gasteiger partial charge in [-0.25, -0.2) is 23.5 Å². The van der Waals surface area contributed by atoms with E-state index in [-0.39, 0.29) is 39.7 Å². The molecule has 8 nitrogen and oxygen atoms in total. The number of carbonyl (C=O) groups excluding carboxylic acids is 1. The van der Waals surface area contributed by atoms with Gasteiger partial charge in [0.05, 0.1) is 29.6 Å². The molecule has 2 aromatic heterocycles. The van der Waals surface area contributed by atoms with Gasteiger partial charge in [0.2, 0.25) is 5.95 Å². The molecule has 37 heavy (non-hydrogen) atoms. The standard InChI is InChI=1S/C24H27F5N6O2/c1-22(2)8-7-12(9-32-22)33-20-31-11-15(24(27,28)29)18(35-20)14-10-30-19-13(14)5-6-16(34-21(36)37-4)17(19)23(3,25)26/h5-6,10-12,30,32H,7-9H2,1-4H3,(H,34,36)(H,31,33,35)/t12-/m0/s1. The number of fused-ring (bicyclic) bond motifs is 1. The minimum absolute atomic E-state index is 0.00567. The number of benzene rings is 1. The number of hydrogen-bond acceptors (Lipinski definition) is 6. The summed E-state index contributed by atoms with van der Waals surface area (Å²) in [6.45, 7) is 5.32. The van der Waals surface area contributed by atoms with Gasteiger partial charge in [-0.3, -0.25) is 5.32 Å². The first-order valence-corrected chi connectivity index (χ1v) is 11.5. The monoisotopic (exact) mass is 526 g/mol. The van der Waals surface area contributed by atoms with Crippen molar-refractivity contribution in [1.29, 1.82) is 0 Å². The molecule has 0 radical (unpaired) electrons. The first kappa shape index (κ1) is 26.6. The van der Waals surface area contributed by atoms with Crippen LogP contribution in [-0.4, -0.2) is 46.3 Å². The lowest BCUT2D eigenvalue weighted by molar-refractivity contribution is -0.137. The zero-order chi connectivity index (χ0) is 27.2. The first-order valence-electron chi connectivity index (χ1n) is 11.5. The Bertz CT molecular complexity index is 1310. The Morgan fingerprint density at radius 1 is 1.22 bits per heavy atom. The molecule has 3 heterocycles. The van der Waals surface area contributed by atoms with Crippen LogP contribution >= 0.6 is 0 Å². The average molecular weight is 527 g/mol. The minimum Gasteiger partial charge on any atom is -0.453 e. The normalized spacial score (nSPS) is 18.0. The number of methoxy groups -OCH3 is 1. The number of carbonyl (C=O) groups is 1. The molecule has 1 atom stereocenters. The Balaban J connectivity index is 1.81. The van der Waals surface area contributed by atoms with Gasteiger partial charge in [0.1, 0.15) is 5.56 Å². The number of anilines is 2. The van der Waals surface area contributed by atoms with Crippen molar-refractivity contribution in [2.24, 2.45) is 0 Å². The average Bonchev–Trinajstić information content (AvgIpc) is 3.22. The molecule has 0 spiro atoms. The second-order valence-corrected chi connectivity index (χ2v) is 9.72. The second-order valence-electron chi connectivity index (χ2n) is 9.72. The van der Waals surface area contributed by atoms with Crippen LogP contribution in [0.3, 0.4) is 0 Å². The highest BCUT2D eigenvalue weighted by molar-refractivity contribution is 6.01. The minimum atomic E-state index is -4.79. The number of rotatable bonds is 5. The molecule has 0 unspecified atom stereocenters. The number of piperidine rings is 1. The fraction of sp³-hybridized carbons (Fsp3) is 0.458. The van der Waals surface area contributed by atoms with E-state index in [0.29, 0.717) is 19.7 Å². The highest BCUT2D eigenvalue weighted by Gasteiger charge is 2.38. The smallest absolute Gasteiger partial charge is 0.419 e. The Kier molecular flexibility index (Phi) is 6.78. The molecule has 1 fully saturated rings. The van der Waals surface area contributed by atoms with Crippen LogP contribution < -0.4 is 16.0 Å². The summed E-state index contributed by atoms with van der Waals surface area (Å²) in [5.41, 5.74) is -2.63. The molecule has 3 aromatic rings. The molecule has 200 valence electrons. The summed E-state index contributed by atoms with van der Waals surface area (Å²) < 4.78 is 75.5. The number of halogens is 5. The van der Waals surface area contributed by atoms with E-state index in [9.17, 15) is 26.7 Å². The van der Waals surface area contributed by atoms with Crippen molar-refractivity contribution in [3.8, 4) is 11.3 Å². The van der Waals surface area contributed by atoms with Crippen molar-refractivity contribution < 1.29 is 31.5 Å². The van der Waals surface area contributed by atoms with Crippen LogP contribution in [0.25, 0.3) is 22.2 Å². The van der Waals surface area contributed by atoms with Crippen molar-refractivity contribution in [3.05, 3.63) is 35.7 Å². The number of aromatic amines is 1. The molecular weight excluding hydrogens is 499 g/mol. The first-order chi connectivity index (χ1) is 17.2. The molecule has 0 saturated carbocycles. The molecule has 1 aromatic carbocycles. The van der Waals surface area contributed by atoms with Gasteiger partial charge in [-0.2, -0.15) is 13.2 Å². The second kappa shape index (κ2) is 9.43. The summed E-state index contributed by atoms with van der Waals surface area (Å²) in [4.78, 5) is 22.4. The number of H-pyrrole nitrogens is 1. The van der Waals surface area contributed by atoms with Crippen LogP contribution in [0.2, 0.25) is 0 Å². The molecule has 1 amide bonds. The summed E-state index contributed by atoms with van der Waals surface area (Å²) in [7, 11) is 1.08. The van der Waals surface area contributed by atoms with E-state index < -0.39 is 35.0 Å². The third-order valence-electron chi connectivity index (χ3n) is 6.34. The van der Waals surface area contributed by atoms with Gasteiger partial charge >= 0.3 is 12.3 Å². The van der Waals surface area contributed by atoms with Gasteiger partial charge in [0.25, 0.3) is 5.92 Å². The molecule has 4 rings (SSSR count). The van der Waals surface area contributed by atoms with Crippen molar-refractivity contribution in [1.82, 2.24) is 20.3 Å². The SMILES string of the molecule is COC(=O)Nc1ccc2c(-c3nc(N[C@H]4CCC(C)(C)NC4)ncc3C(F)(F)F)c[nH]c2c1C(C)(F)F. The van der Waals surface area contributed by atoms with E-state index in [4.69, 9.17) is 0 Å². The Morgan fingerprint density at radius 3 is 2.54 bits per heavy atom. The Morgan fingerprint density at radius 2 is 1.95 bits per heavy atom. The number of hydrogen-bond donors (Lipinski definition) is 4. The van der Waals surface area contributed by atoms with Gasteiger partial charge in [-0.15, -0.1) is 0 Å². The van der Waals surface area contributed by atoms with E-state index in [2.05, 4.69) is 49.5 Å². The maximum absolute atomic E-state index is 14.6. The molecule has 0 bridgehead atoms. The van der Waals surface area contributed by atoms with E-state index in [1.54, 1.807) is 0 Å². The van der Waals surface area contributed by atoms with Gasteiger partial charge in [0, 0.05) is 48.4 Å². The predicted octanol–water partition coefficient (Wildman–Crippen LogP) is 5.88. The Hall–Kier alpha value is -3.48. The molecule has 0 aliphatic carbocycles. The van der Waals surface area contributed by atoms with Gasteiger partial charge in [0.15, 0.2) is 0 Å². The van der Waals surface area contributed by atoms with E-state index in [1.807, 2.05) is 0 Å². The van der Waals surface area contributed by atoms with E-state index >= 15 is 0 Å². The zero-order valence-electron chi connectivity index (χ0n) is 20.6. The summed E-state index contributed by atoms with van der Waals surface area (Å²) in [5, 5.41) is 8.73. The molecular formula is C24H27F5N6O2. The van der Waals surface area contributed by atoms with E-state index in [0.717, 1.165) is 20.0 Å². The largest absolute Gasteiger partial charge is 0.453 e. The lowest BCUT2D eigenvalue weighted by Crippen LogP contribution is -2.50. The van der Waals surface area contributed by atoms with Crippen molar-refractivity contribution >= 4 is 28.6 Å². The Labute approximate surface area is 209 Å². The van der Waals surface area contributed by atoms with Crippen molar-refractivity contribution in [2.45, 2.75) is 57.3 Å². The molecule has 4 N–H and O–H groups in total. The quantitative estimate of drug-likeness (QED) is 0.310. The topological polar surface area (TPSA) is 104 Å². The highest BCUT2D eigenvalue weighted by atomic mass is 19.4. The molecule has 1 aliphatic rings. The van der Waals surface area contributed by atoms with Crippen molar-refractivity contribution in [2.75, 3.05) is 24.3 Å². The van der Waals surface area contributed by atoms with Crippen LogP contribution in [0.15, 0.2) is 24.5 Å².